The van der Waals surface area contributed by atoms with E-state index in [1.807, 2.05) is 0 Å². The fraction of sp³-hybridized carbons (Fsp3) is 1.00. The summed E-state index contributed by atoms with van der Waals surface area (Å²) in [7, 11) is 0. The Morgan fingerprint density at radius 2 is 1.00 bits per heavy atom. The van der Waals surface area contributed by atoms with Crippen molar-refractivity contribution in [2.75, 3.05) is 24.6 Å². The maximum absolute atomic E-state index is 6.79. The molecule has 60 valence electrons. The van der Waals surface area contributed by atoms with Gasteiger partial charge in [-0.25, -0.2) is 0 Å². The third kappa shape index (κ3) is 1.01. The minimum absolute atomic E-state index is 1.42. The van der Waals surface area contributed by atoms with E-state index >= 15 is 0 Å². The zero-order valence-electron chi connectivity index (χ0n) is 6.48. The van der Waals surface area contributed by atoms with Crippen molar-refractivity contribution >= 4 is 17.2 Å². The molecule has 0 aromatic carbocycles. The molecule has 2 rings (SSSR count). The van der Waals surface area contributed by atoms with Crippen LogP contribution in [0.4, 0.5) is 0 Å². The summed E-state index contributed by atoms with van der Waals surface area (Å²) in [4.78, 5) is 0. The van der Waals surface area contributed by atoms with Crippen LogP contribution in [0.15, 0.2) is 0 Å². The first-order chi connectivity index (χ1) is 4.71. The molecule has 0 N–H and O–H groups in total. The van der Waals surface area contributed by atoms with Gasteiger partial charge in [0.25, 0.3) is 0 Å². The Labute approximate surface area is 68.0 Å². The Bertz CT molecular complexity index is 120. The molecule has 0 atom stereocenters. The fourth-order valence-corrected chi connectivity index (χ4v) is 9.53. The van der Waals surface area contributed by atoms with Gasteiger partial charge in [-0.05, 0) is 0 Å². The molecule has 0 radical (unpaired) electrons. The molecule has 0 aromatic heterocycles. The van der Waals surface area contributed by atoms with E-state index in [0.29, 0.717) is 0 Å². The van der Waals surface area contributed by atoms with Gasteiger partial charge in [0.05, 0.1) is 0 Å². The molecule has 2 aliphatic rings. The molecule has 10 heavy (non-hydrogen) atoms. The van der Waals surface area contributed by atoms with E-state index in [4.69, 9.17) is 11.2 Å². The third-order valence-electron chi connectivity index (χ3n) is 3.37. The molecule has 0 saturated carbocycles. The Hall–Kier alpha value is 0.720. The molecule has 2 aliphatic heterocycles. The van der Waals surface area contributed by atoms with Crippen molar-refractivity contribution in [3.63, 3.8) is 0 Å². The Balaban J connectivity index is 2.22. The molecular formula is C8H16ClP. The van der Waals surface area contributed by atoms with Crippen molar-refractivity contribution in [1.82, 2.24) is 0 Å². The van der Waals surface area contributed by atoms with Gasteiger partial charge in [0, 0.05) is 0 Å². The Kier molecular flexibility index (Phi) is 1.56. The first-order valence-corrected chi connectivity index (χ1v) is 8.32. The van der Waals surface area contributed by atoms with Crippen LogP contribution in [0.3, 0.4) is 0 Å². The molecule has 0 aliphatic carbocycles. The van der Waals surface area contributed by atoms with Gasteiger partial charge < -0.3 is 0 Å². The van der Waals surface area contributed by atoms with Crippen LogP contribution in [0, 0.1) is 0 Å². The van der Waals surface area contributed by atoms with Crippen LogP contribution in [-0.4, -0.2) is 24.6 Å². The average molecular weight is 179 g/mol. The molecule has 0 bridgehead atoms. The van der Waals surface area contributed by atoms with Crippen LogP contribution in [0.1, 0.15) is 25.7 Å². The summed E-state index contributed by atoms with van der Waals surface area (Å²) in [5.41, 5.74) is 0. The molecular weight excluding hydrogens is 163 g/mol. The van der Waals surface area contributed by atoms with Crippen LogP contribution in [0.5, 0.6) is 0 Å². The van der Waals surface area contributed by atoms with Crippen molar-refractivity contribution < 1.29 is 0 Å². The molecule has 2 heteroatoms. The zero-order chi connectivity index (χ0) is 7.10. The van der Waals surface area contributed by atoms with E-state index in [0.717, 1.165) is 0 Å². The van der Waals surface area contributed by atoms with Gasteiger partial charge in [0.1, 0.15) is 0 Å². The second kappa shape index (κ2) is 2.11. The van der Waals surface area contributed by atoms with Crippen molar-refractivity contribution in [3.8, 4) is 0 Å². The van der Waals surface area contributed by atoms with Gasteiger partial charge in [-0.2, -0.15) is 0 Å². The number of hydrogen-bond donors (Lipinski definition) is 0. The minimum atomic E-state index is -1.46. The van der Waals surface area contributed by atoms with E-state index in [1.54, 1.807) is 0 Å². The van der Waals surface area contributed by atoms with Crippen molar-refractivity contribution in [2.45, 2.75) is 25.7 Å². The monoisotopic (exact) mass is 178 g/mol. The summed E-state index contributed by atoms with van der Waals surface area (Å²) in [6, 6.07) is 0. The van der Waals surface area contributed by atoms with Crippen LogP contribution in [0.25, 0.3) is 0 Å². The molecule has 2 saturated heterocycles. The summed E-state index contributed by atoms with van der Waals surface area (Å²) in [5.74, 6) is -1.46. The van der Waals surface area contributed by atoms with Crippen LogP contribution in [-0.2, 0) is 0 Å². The van der Waals surface area contributed by atoms with Crippen LogP contribution < -0.4 is 0 Å². The summed E-state index contributed by atoms with van der Waals surface area (Å²) < 4.78 is 0. The fourth-order valence-electron chi connectivity index (χ4n) is 2.70. The quantitative estimate of drug-likeness (QED) is 0.500. The number of halogens is 1. The van der Waals surface area contributed by atoms with E-state index in [9.17, 15) is 0 Å². The van der Waals surface area contributed by atoms with E-state index in [-0.39, 0.29) is 0 Å². The maximum atomic E-state index is 6.79. The SMILES string of the molecule is ClP12(CCCC1)CCCC2. The van der Waals surface area contributed by atoms with E-state index < -0.39 is 5.96 Å². The second-order valence-electron chi connectivity index (χ2n) is 4.13. The average Bonchev–Trinajstić information content (AvgIpc) is 2.44. The molecule has 0 aromatic rings. The number of rotatable bonds is 0. The topological polar surface area (TPSA) is 0 Å². The van der Waals surface area contributed by atoms with Crippen molar-refractivity contribution in [1.29, 1.82) is 0 Å². The van der Waals surface area contributed by atoms with Gasteiger partial charge >= 0.3 is 67.5 Å². The van der Waals surface area contributed by atoms with Gasteiger partial charge in [-0.3, -0.25) is 0 Å². The van der Waals surface area contributed by atoms with Crippen LogP contribution >= 0.6 is 17.2 Å². The summed E-state index contributed by atoms with van der Waals surface area (Å²) in [5, 5.41) is 0. The molecule has 0 nitrogen and oxygen atoms in total. The van der Waals surface area contributed by atoms with Gasteiger partial charge in [-0.15, -0.1) is 0 Å². The molecule has 0 amide bonds. The van der Waals surface area contributed by atoms with Crippen LogP contribution in [0.2, 0.25) is 0 Å². The first-order valence-electron chi connectivity index (χ1n) is 4.43. The summed E-state index contributed by atoms with van der Waals surface area (Å²) in [6.07, 6.45) is 11.4. The predicted octanol–water partition coefficient (Wildman–Crippen LogP) is 3.28. The second-order valence-corrected chi connectivity index (χ2v) is 12.4. The number of hydrogen-bond acceptors (Lipinski definition) is 0. The first kappa shape index (κ1) is 7.37. The summed E-state index contributed by atoms with van der Waals surface area (Å²) in [6.45, 7) is 0. The van der Waals surface area contributed by atoms with E-state index in [1.165, 1.54) is 50.3 Å². The molecule has 2 heterocycles. The predicted molar refractivity (Wildman–Crippen MR) is 50.7 cm³/mol. The zero-order valence-corrected chi connectivity index (χ0v) is 8.13. The molecule has 1 spiro atoms. The molecule has 2 fully saturated rings. The molecule has 0 unspecified atom stereocenters. The summed E-state index contributed by atoms with van der Waals surface area (Å²) >= 11 is 6.79. The van der Waals surface area contributed by atoms with Crippen molar-refractivity contribution in [2.24, 2.45) is 0 Å². The van der Waals surface area contributed by atoms with Gasteiger partial charge in [-0.1, -0.05) is 0 Å². The van der Waals surface area contributed by atoms with Crippen molar-refractivity contribution in [3.05, 3.63) is 0 Å². The Morgan fingerprint density at radius 1 is 0.700 bits per heavy atom. The standard InChI is InChI=1S/C8H16ClP/c9-10(5-1-2-6-10)7-3-4-8-10/h1-8H2. The Morgan fingerprint density at radius 3 is 1.30 bits per heavy atom. The van der Waals surface area contributed by atoms with Gasteiger partial charge in [0.2, 0.25) is 0 Å². The normalized spacial score (nSPS) is 39.5. The van der Waals surface area contributed by atoms with Gasteiger partial charge in [0.15, 0.2) is 0 Å². The van der Waals surface area contributed by atoms with E-state index in [2.05, 4.69) is 0 Å². The third-order valence-corrected chi connectivity index (χ3v) is 11.1.